The van der Waals surface area contributed by atoms with Crippen molar-refractivity contribution in [1.29, 1.82) is 0 Å². The van der Waals surface area contributed by atoms with Crippen LogP contribution in [0.2, 0.25) is 0 Å². The van der Waals surface area contributed by atoms with Gasteiger partial charge in [0, 0.05) is 23.5 Å². The number of amides is 1. The first-order chi connectivity index (χ1) is 9.86. The zero-order valence-electron chi connectivity index (χ0n) is 12.3. The third kappa shape index (κ3) is 3.51. The molecule has 0 fully saturated rings. The smallest absolute Gasteiger partial charge is 0.244 e. The summed E-state index contributed by atoms with van der Waals surface area (Å²) in [6.07, 6.45) is 0. The fraction of sp³-hybridized carbons (Fsp3) is 0.250. The summed E-state index contributed by atoms with van der Waals surface area (Å²) < 4.78 is 1.75. The Labute approximate surface area is 122 Å². The van der Waals surface area contributed by atoms with Gasteiger partial charge in [-0.25, -0.2) is 0 Å². The van der Waals surface area contributed by atoms with Crippen LogP contribution in [0.5, 0.6) is 5.75 Å². The molecule has 0 atom stereocenters. The van der Waals surface area contributed by atoms with E-state index in [1.54, 1.807) is 36.6 Å². The van der Waals surface area contributed by atoms with E-state index in [1.165, 1.54) is 12.1 Å². The van der Waals surface area contributed by atoms with Crippen LogP contribution in [0.3, 0.4) is 0 Å². The van der Waals surface area contributed by atoms with Gasteiger partial charge in [-0.05, 0) is 38.5 Å². The van der Waals surface area contributed by atoms with Crippen LogP contribution in [-0.4, -0.2) is 15.6 Å². The van der Waals surface area contributed by atoms with E-state index >= 15 is 0 Å². The number of aromatic hydroxyl groups is 1. The van der Waals surface area contributed by atoms with E-state index < -0.39 is 0 Å². The summed E-state index contributed by atoms with van der Waals surface area (Å²) >= 11 is 0. The lowest BCUT2D eigenvalue weighted by atomic mass is 10.2. The van der Waals surface area contributed by atoms with E-state index in [2.05, 4.69) is 5.32 Å². The molecule has 5 heteroatoms. The quantitative estimate of drug-likeness (QED) is 0.849. The molecular formula is C16H18N2O3. The number of hydrogen-bond acceptors (Lipinski definition) is 3. The largest absolute Gasteiger partial charge is 0.506 e. The number of aromatic nitrogens is 1. The molecule has 2 N–H and O–H groups in total. The van der Waals surface area contributed by atoms with Crippen molar-refractivity contribution >= 4 is 11.6 Å². The zero-order chi connectivity index (χ0) is 15.6. The van der Waals surface area contributed by atoms with E-state index in [0.717, 1.165) is 17.0 Å². The van der Waals surface area contributed by atoms with Gasteiger partial charge in [-0.1, -0.05) is 6.07 Å². The van der Waals surface area contributed by atoms with Gasteiger partial charge in [-0.2, -0.15) is 0 Å². The van der Waals surface area contributed by atoms with Crippen molar-refractivity contribution in [3.63, 3.8) is 0 Å². The monoisotopic (exact) mass is 286 g/mol. The van der Waals surface area contributed by atoms with Gasteiger partial charge in [0.25, 0.3) is 0 Å². The Bertz CT molecular complexity index is 721. The van der Waals surface area contributed by atoms with Crippen LogP contribution < -0.4 is 10.7 Å². The number of phenolic OH excluding ortho intramolecular Hbond substituents is 1. The summed E-state index contributed by atoms with van der Waals surface area (Å²) in [5, 5.41) is 12.4. The maximum Gasteiger partial charge on any atom is 0.244 e. The Balaban J connectivity index is 2.19. The highest BCUT2D eigenvalue weighted by atomic mass is 16.3. The van der Waals surface area contributed by atoms with Crippen LogP contribution in [0.25, 0.3) is 0 Å². The number of anilines is 1. The first-order valence-corrected chi connectivity index (χ1v) is 6.64. The molecule has 1 heterocycles. The average Bonchev–Trinajstić information content (AvgIpc) is 2.38. The van der Waals surface area contributed by atoms with Crippen LogP contribution in [-0.2, 0) is 11.3 Å². The number of phenols is 1. The van der Waals surface area contributed by atoms with Gasteiger partial charge in [0.05, 0.1) is 5.69 Å². The minimum Gasteiger partial charge on any atom is -0.506 e. The molecule has 0 aliphatic carbocycles. The molecule has 1 amide bonds. The van der Waals surface area contributed by atoms with E-state index in [0.29, 0.717) is 5.69 Å². The van der Waals surface area contributed by atoms with Crippen LogP contribution in [0.4, 0.5) is 5.69 Å². The SMILES string of the molecule is Cc1ccc(O)c(NC(=O)Cn2c(C)cc(=O)cc2C)c1. The van der Waals surface area contributed by atoms with Gasteiger partial charge in [0.2, 0.25) is 5.91 Å². The molecule has 2 aromatic rings. The summed E-state index contributed by atoms with van der Waals surface area (Å²) in [6, 6.07) is 8.00. The first kappa shape index (κ1) is 14.8. The maximum absolute atomic E-state index is 12.1. The molecule has 0 aliphatic heterocycles. The van der Waals surface area contributed by atoms with Gasteiger partial charge in [-0.3, -0.25) is 9.59 Å². The fourth-order valence-electron chi connectivity index (χ4n) is 2.22. The lowest BCUT2D eigenvalue weighted by molar-refractivity contribution is -0.116. The number of carbonyl (C=O) groups is 1. The Morgan fingerprint density at radius 3 is 2.38 bits per heavy atom. The Morgan fingerprint density at radius 1 is 1.14 bits per heavy atom. The highest BCUT2D eigenvalue weighted by Crippen LogP contribution is 2.23. The molecule has 0 saturated heterocycles. The molecule has 21 heavy (non-hydrogen) atoms. The minimum atomic E-state index is -0.259. The van der Waals surface area contributed by atoms with Gasteiger partial charge in [-0.15, -0.1) is 0 Å². The minimum absolute atomic E-state index is 0.0299. The molecule has 5 nitrogen and oxygen atoms in total. The van der Waals surface area contributed by atoms with E-state index in [-0.39, 0.29) is 23.6 Å². The molecule has 0 aliphatic rings. The van der Waals surface area contributed by atoms with Gasteiger partial charge in [0.1, 0.15) is 12.3 Å². The van der Waals surface area contributed by atoms with Crippen molar-refractivity contribution in [2.75, 3.05) is 5.32 Å². The molecule has 0 saturated carbocycles. The number of rotatable bonds is 3. The van der Waals surface area contributed by atoms with E-state index in [9.17, 15) is 14.7 Å². The third-order valence-corrected chi connectivity index (χ3v) is 3.28. The predicted octanol–water partition coefficient (Wildman–Crippen LogP) is 2.12. The summed E-state index contributed by atoms with van der Waals surface area (Å²) in [4.78, 5) is 23.5. The molecule has 0 unspecified atom stereocenters. The molecule has 2 rings (SSSR count). The van der Waals surface area contributed by atoms with Crippen LogP contribution in [0.15, 0.2) is 35.1 Å². The number of nitrogens with one attached hydrogen (secondary N) is 1. The summed E-state index contributed by atoms with van der Waals surface area (Å²) in [5.74, 6) is -0.229. The standard InChI is InChI=1S/C16H18N2O3/c1-10-4-5-15(20)14(6-10)17-16(21)9-18-11(2)7-13(19)8-12(18)3/h4-8,20H,9H2,1-3H3,(H,17,21). The number of hydrogen-bond donors (Lipinski definition) is 2. The number of benzene rings is 1. The van der Waals surface area contributed by atoms with Crippen molar-refractivity contribution in [2.45, 2.75) is 27.3 Å². The first-order valence-electron chi connectivity index (χ1n) is 6.64. The normalized spacial score (nSPS) is 10.4. The number of pyridine rings is 1. The second-order valence-electron chi connectivity index (χ2n) is 5.13. The fourth-order valence-corrected chi connectivity index (χ4v) is 2.22. The number of nitrogens with zero attached hydrogens (tertiary/aromatic N) is 1. The molecule has 0 radical (unpaired) electrons. The number of aryl methyl sites for hydroxylation is 3. The van der Waals surface area contributed by atoms with Gasteiger partial charge >= 0.3 is 0 Å². The maximum atomic E-state index is 12.1. The Kier molecular flexibility index (Phi) is 4.12. The Hall–Kier alpha value is -2.56. The Morgan fingerprint density at radius 2 is 1.76 bits per heavy atom. The third-order valence-electron chi connectivity index (χ3n) is 3.28. The number of carbonyl (C=O) groups excluding carboxylic acids is 1. The van der Waals surface area contributed by atoms with Crippen molar-refractivity contribution in [1.82, 2.24) is 4.57 Å². The molecule has 0 bridgehead atoms. The molecular weight excluding hydrogens is 268 g/mol. The molecule has 1 aromatic carbocycles. The van der Waals surface area contributed by atoms with Crippen molar-refractivity contribution in [2.24, 2.45) is 0 Å². The van der Waals surface area contributed by atoms with E-state index in [4.69, 9.17) is 0 Å². The van der Waals surface area contributed by atoms with Crippen LogP contribution in [0, 0.1) is 20.8 Å². The zero-order valence-corrected chi connectivity index (χ0v) is 12.3. The highest BCUT2D eigenvalue weighted by molar-refractivity contribution is 5.92. The van der Waals surface area contributed by atoms with E-state index in [1.807, 2.05) is 6.92 Å². The van der Waals surface area contributed by atoms with Crippen molar-refractivity contribution in [3.8, 4) is 5.75 Å². The molecule has 110 valence electrons. The van der Waals surface area contributed by atoms with Crippen LogP contribution >= 0.6 is 0 Å². The second-order valence-corrected chi connectivity index (χ2v) is 5.13. The predicted molar refractivity (Wildman–Crippen MR) is 81.6 cm³/mol. The van der Waals surface area contributed by atoms with Crippen molar-refractivity contribution < 1.29 is 9.90 Å². The second kappa shape index (κ2) is 5.83. The highest BCUT2D eigenvalue weighted by Gasteiger charge is 2.10. The molecule has 0 spiro atoms. The lowest BCUT2D eigenvalue weighted by Gasteiger charge is -2.14. The average molecular weight is 286 g/mol. The lowest BCUT2D eigenvalue weighted by Crippen LogP contribution is -2.23. The summed E-state index contributed by atoms with van der Waals surface area (Å²) in [5.41, 5.74) is 2.71. The van der Waals surface area contributed by atoms with Gasteiger partial charge in [0.15, 0.2) is 5.43 Å². The summed E-state index contributed by atoms with van der Waals surface area (Å²) in [6.45, 7) is 5.54. The van der Waals surface area contributed by atoms with Crippen molar-refractivity contribution in [3.05, 3.63) is 57.5 Å². The van der Waals surface area contributed by atoms with Gasteiger partial charge < -0.3 is 15.0 Å². The molecule has 1 aromatic heterocycles. The summed E-state index contributed by atoms with van der Waals surface area (Å²) in [7, 11) is 0. The van der Waals surface area contributed by atoms with Crippen LogP contribution in [0.1, 0.15) is 17.0 Å². The topological polar surface area (TPSA) is 71.3 Å².